The van der Waals surface area contributed by atoms with Gasteiger partial charge in [-0.1, -0.05) is 140 Å². The zero-order valence-corrected chi connectivity index (χ0v) is 39.0. The molecular weight excluding hydrogens is 903 g/mol. The van der Waals surface area contributed by atoms with Gasteiger partial charge >= 0.3 is 30.0 Å². The second-order valence-corrected chi connectivity index (χ2v) is 16.9. The number of rotatable bonds is 17. The Balaban J connectivity index is 1.23. The van der Waals surface area contributed by atoms with Crippen LogP contribution in [-0.4, -0.2) is 66.8 Å². The van der Waals surface area contributed by atoms with Gasteiger partial charge in [0.05, 0.1) is 22.3 Å². The van der Waals surface area contributed by atoms with E-state index in [0.717, 1.165) is 23.1 Å². The maximum Gasteiger partial charge on any atom is 0.411 e. The first-order valence-corrected chi connectivity index (χ1v) is 23.1. The lowest BCUT2D eigenvalue weighted by atomic mass is 9.87. The number of carbonyl (C=O) groups excluding carboxylic acids is 5. The van der Waals surface area contributed by atoms with Crippen molar-refractivity contribution in [3.8, 4) is 5.75 Å². The van der Waals surface area contributed by atoms with Crippen LogP contribution in [0.4, 0.5) is 10.5 Å². The molecule has 0 radical (unpaired) electrons. The molecule has 1 fully saturated rings. The summed E-state index contributed by atoms with van der Waals surface area (Å²) in [6.45, 7) is 3.01. The molecule has 13 heteroatoms. The van der Waals surface area contributed by atoms with Gasteiger partial charge in [0.25, 0.3) is 0 Å². The summed E-state index contributed by atoms with van der Waals surface area (Å²) in [5.74, 6) is -3.13. The molecule has 71 heavy (non-hydrogen) atoms. The molecule has 1 aliphatic rings. The molecule has 1 heterocycles. The van der Waals surface area contributed by atoms with Crippen LogP contribution >= 0.6 is 0 Å². The number of hydrogen-bond acceptors (Lipinski definition) is 12. The Hall–Kier alpha value is -8.55. The van der Waals surface area contributed by atoms with Gasteiger partial charge in [-0.15, -0.1) is 0 Å². The molecule has 13 nitrogen and oxygen atoms in total. The maximum atomic E-state index is 14.3. The fourth-order valence-electron chi connectivity index (χ4n) is 7.88. The van der Waals surface area contributed by atoms with Crippen LogP contribution < -0.4 is 10.1 Å². The van der Waals surface area contributed by atoms with E-state index >= 15 is 0 Å². The Kier molecular flexibility index (Phi) is 16.0. The predicted octanol–water partition coefficient (Wildman–Crippen LogP) is 10.6. The molecule has 5 atom stereocenters. The minimum atomic E-state index is -1.90. The zero-order chi connectivity index (χ0) is 49.6. The largest absolute Gasteiger partial charge is 0.460 e. The number of nitrogens with one attached hydrogen (secondary N) is 1. The van der Waals surface area contributed by atoms with Crippen LogP contribution in [0.25, 0.3) is 0 Å². The van der Waals surface area contributed by atoms with E-state index in [1.54, 1.807) is 127 Å². The fraction of sp³-hybridized carbons (Fsp3) is 0.190. The molecule has 0 bridgehead atoms. The van der Waals surface area contributed by atoms with Crippen LogP contribution in [-0.2, 0) is 47.9 Å². The molecule has 1 N–H and O–H groups in total. The summed E-state index contributed by atoms with van der Waals surface area (Å²) in [6.07, 6.45) is -6.28. The highest BCUT2D eigenvalue weighted by atomic mass is 16.7. The van der Waals surface area contributed by atoms with Crippen molar-refractivity contribution in [2.24, 2.45) is 0 Å². The molecule has 360 valence electrons. The van der Waals surface area contributed by atoms with Crippen LogP contribution in [0.2, 0.25) is 0 Å². The quantitative estimate of drug-likeness (QED) is 0.0680. The number of anilines is 1. The molecule has 1 amide bonds. The van der Waals surface area contributed by atoms with Gasteiger partial charge in [0.15, 0.2) is 12.2 Å². The van der Waals surface area contributed by atoms with Crippen LogP contribution in [0.3, 0.4) is 0 Å². The van der Waals surface area contributed by atoms with Crippen LogP contribution in [0.15, 0.2) is 194 Å². The third kappa shape index (κ3) is 12.8. The number of carbonyl (C=O) groups is 5. The molecule has 0 spiro atoms. The highest BCUT2D eigenvalue weighted by Gasteiger charge is 2.60. The number of amides is 1. The van der Waals surface area contributed by atoms with Crippen molar-refractivity contribution in [3.05, 3.63) is 239 Å². The maximum absolute atomic E-state index is 14.3. The number of hydrogen-bond donors (Lipinski definition) is 1. The summed E-state index contributed by atoms with van der Waals surface area (Å²) in [5.41, 5.74) is 2.48. The van der Waals surface area contributed by atoms with Crippen molar-refractivity contribution in [1.29, 1.82) is 0 Å². The van der Waals surface area contributed by atoms with Gasteiger partial charge in [-0.2, -0.15) is 0 Å². The minimum absolute atomic E-state index is 0.0127. The Morgan fingerprint density at radius 3 is 1.54 bits per heavy atom. The first kappa shape index (κ1) is 48.9. The van der Waals surface area contributed by atoms with E-state index in [0.29, 0.717) is 12.0 Å². The van der Waals surface area contributed by atoms with Crippen LogP contribution in [0.1, 0.15) is 77.5 Å². The lowest BCUT2D eigenvalue weighted by Gasteiger charge is -2.49. The van der Waals surface area contributed by atoms with E-state index in [4.69, 9.17) is 33.2 Å². The molecule has 0 aromatic heterocycles. The average Bonchev–Trinajstić information content (AvgIpc) is 3.41. The molecule has 7 aromatic carbocycles. The Morgan fingerprint density at radius 1 is 0.521 bits per heavy atom. The summed E-state index contributed by atoms with van der Waals surface area (Å²) in [7, 11) is 0. The van der Waals surface area contributed by atoms with Gasteiger partial charge in [0.1, 0.15) is 24.6 Å². The third-order valence-electron chi connectivity index (χ3n) is 11.7. The van der Waals surface area contributed by atoms with Gasteiger partial charge < -0.3 is 33.2 Å². The van der Waals surface area contributed by atoms with E-state index in [1.807, 2.05) is 54.6 Å². The van der Waals surface area contributed by atoms with Crippen LogP contribution in [0.5, 0.6) is 5.75 Å². The number of ether oxygens (including phenoxy) is 7. The van der Waals surface area contributed by atoms with E-state index in [9.17, 15) is 24.0 Å². The zero-order valence-electron chi connectivity index (χ0n) is 39.0. The number of benzene rings is 7. The summed E-state index contributed by atoms with van der Waals surface area (Å²) in [4.78, 5) is 69.7. The normalized spacial score (nSPS) is 18.2. The van der Waals surface area contributed by atoms with Gasteiger partial charge in [0.2, 0.25) is 12.4 Å². The molecule has 7 aromatic rings. The van der Waals surface area contributed by atoms with E-state index in [2.05, 4.69) is 12.2 Å². The summed E-state index contributed by atoms with van der Waals surface area (Å²) in [5, 5.41) is 2.77. The smallest absolute Gasteiger partial charge is 0.411 e. The lowest BCUT2D eigenvalue weighted by Crippen LogP contribution is -2.69. The molecule has 0 unspecified atom stereocenters. The Morgan fingerprint density at radius 2 is 1.00 bits per heavy atom. The molecule has 1 saturated heterocycles. The molecule has 0 aliphatic carbocycles. The van der Waals surface area contributed by atoms with E-state index < -0.39 is 66.8 Å². The van der Waals surface area contributed by atoms with Gasteiger partial charge in [-0.3, -0.25) is 5.32 Å². The van der Waals surface area contributed by atoms with Crippen molar-refractivity contribution in [3.63, 3.8) is 0 Å². The molecular formula is C58H51NO12. The molecule has 0 saturated carbocycles. The van der Waals surface area contributed by atoms with E-state index in [-0.39, 0.29) is 40.3 Å². The summed E-state index contributed by atoms with van der Waals surface area (Å²) < 4.78 is 44.2. The number of esters is 4. The Labute approximate surface area is 411 Å². The SMILES string of the molecule is CCc1ccc(Cc2ccc(NC(=O)OCc3ccccc3)cc2O[C@H]2O[C@](C)(COC(=O)c3ccccc3)[C@@H](OC(=O)c3ccccc3)[C@H](OC(=O)c3ccccc3)[C@H]2OC(=O)c2ccccc2)cc1. The first-order chi connectivity index (χ1) is 34.5. The van der Waals surface area contributed by atoms with Gasteiger partial charge in [-0.25, -0.2) is 24.0 Å². The highest BCUT2D eigenvalue weighted by Crippen LogP contribution is 2.39. The summed E-state index contributed by atoms with van der Waals surface area (Å²) in [6, 6.07) is 54.9. The second kappa shape index (κ2) is 23.2. The van der Waals surface area contributed by atoms with E-state index in [1.165, 1.54) is 19.1 Å². The second-order valence-electron chi connectivity index (χ2n) is 16.9. The monoisotopic (exact) mass is 953 g/mol. The number of aryl methyl sites for hydroxylation is 1. The lowest BCUT2D eigenvalue weighted by molar-refractivity contribution is -0.310. The first-order valence-electron chi connectivity index (χ1n) is 23.1. The average molecular weight is 954 g/mol. The minimum Gasteiger partial charge on any atom is -0.460 e. The van der Waals surface area contributed by atoms with Gasteiger partial charge in [-0.05, 0) is 90.2 Å². The highest BCUT2D eigenvalue weighted by molar-refractivity contribution is 5.92. The fourth-order valence-corrected chi connectivity index (χ4v) is 7.88. The van der Waals surface area contributed by atoms with Crippen molar-refractivity contribution in [2.45, 2.75) is 63.5 Å². The predicted molar refractivity (Wildman–Crippen MR) is 263 cm³/mol. The van der Waals surface area contributed by atoms with Crippen LogP contribution in [0, 0.1) is 0 Å². The molecule has 8 rings (SSSR count). The van der Waals surface area contributed by atoms with Crippen molar-refractivity contribution < 1.29 is 57.1 Å². The molecule has 1 aliphatic heterocycles. The van der Waals surface area contributed by atoms with Crippen molar-refractivity contribution >= 4 is 35.7 Å². The summed E-state index contributed by atoms with van der Waals surface area (Å²) >= 11 is 0. The standard InChI is InChI=1S/C58H51NO12/c1-3-39-29-31-40(32-30-39)35-46-33-34-47(59-57(64)65-37-41-19-9-4-10-20-41)36-48(46)67-56-50(69-54(62)44-25-15-7-16-26-44)49(68-53(61)43-23-13-6-14-24-43)51(70-55(63)45-27-17-8-18-28-45)58(2,71-56)38-66-52(60)42-21-11-5-12-22-42/h4-34,36,49-51,56H,3,35,37-38H2,1-2H3,(H,59,64)/t49-,50-,51+,56+,58-/m1/s1. The third-order valence-corrected chi connectivity index (χ3v) is 11.7. The van der Waals surface area contributed by atoms with Crippen molar-refractivity contribution in [1.82, 2.24) is 0 Å². The van der Waals surface area contributed by atoms with Gasteiger partial charge in [0, 0.05) is 18.2 Å². The van der Waals surface area contributed by atoms with Crippen molar-refractivity contribution in [2.75, 3.05) is 11.9 Å². The topological polar surface area (TPSA) is 162 Å². The Bertz CT molecular complexity index is 2900.